The molecular weight excluding hydrogens is 472 g/mol. The van der Waals surface area contributed by atoms with Crippen LogP contribution in [-0.2, 0) is 0 Å². The summed E-state index contributed by atoms with van der Waals surface area (Å²) in [7, 11) is 0. The SMILES string of the molecule is [2H]c1c([2H])c([2H])c(-c2ccc(-n3c4ccccc4c4ccc(-n5c6ccccc6c6ccccc65)c(C)c43)cc2)c([2H])c1[2H]. The van der Waals surface area contributed by atoms with Crippen LogP contribution < -0.4 is 0 Å². The molecule has 2 heterocycles. The summed E-state index contributed by atoms with van der Waals surface area (Å²) < 4.78 is 45.7. The third-order valence-corrected chi connectivity index (χ3v) is 7.80. The van der Waals surface area contributed by atoms with Gasteiger partial charge in [0, 0.05) is 27.2 Å². The Morgan fingerprint density at radius 3 is 1.64 bits per heavy atom. The van der Waals surface area contributed by atoms with E-state index in [1.165, 1.54) is 10.8 Å². The molecule has 0 aliphatic rings. The van der Waals surface area contributed by atoms with E-state index in [0.717, 1.165) is 49.8 Å². The van der Waals surface area contributed by atoms with Crippen molar-refractivity contribution >= 4 is 43.6 Å². The Balaban J connectivity index is 1.39. The molecule has 0 amide bonds. The minimum atomic E-state index is -0.389. The monoisotopic (exact) mass is 503 g/mol. The molecule has 0 saturated heterocycles. The fourth-order valence-electron chi connectivity index (χ4n) is 6.08. The van der Waals surface area contributed by atoms with Crippen molar-refractivity contribution in [3.05, 3.63) is 145 Å². The second kappa shape index (κ2) is 8.47. The lowest BCUT2D eigenvalue weighted by Gasteiger charge is -2.15. The van der Waals surface area contributed by atoms with Gasteiger partial charge in [-0.25, -0.2) is 0 Å². The van der Waals surface area contributed by atoms with E-state index in [4.69, 9.17) is 6.85 Å². The minimum absolute atomic E-state index is 0.202. The van der Waals surface area contributed by atoms with Crippen molar-refractivity contribution in [2.75, 3.05) is 0 Å². The highest BCUT2D eigenvalue weighted by atomic mass is 15.0. The van der Waals surface area contributed by atoms with E-state index >= 15 is 0 Å². The normalized spacial score (nSPS) is 13.5. The van der Waals surface area contributed by atoms with E-state index in [0.29, 0.717) is 5.56 Å². The lowest BCUT2D eigenvalue weighted by Crippen LogP contribution is -2.01. The molecule has 0 N–H and O–H groups in total. The Morgan fingerprint density at radius 2 is 1.03 bits per heavy atom. The molecule has 0 atom stereocenters. The average molecular weight is 504 g/mol. The summed E-state index contributed by atoms with van der Waals surface area (Å²) in [6.07, 6.45) is 0. The molecule has 0 aliphatic carbocycles. The fourth-order valence-corrected chi connectivity index (χ4v) is 6.08. The van der Waals surface area contributed by atoms with Crippen LogP contribution in [0.2, 0.25) is 0 Å². The van der Waals surface area contributed by atoms with E-state index in [9.17, 15) is 0 Å². The van der Waals surface area contributed by atoms with Gasteiger partial charge >= 0.3 is 0 Å². The van der Waals surface area contributed by atoms with Gasteiger partial charge in [0.15, 0.2) is 0 Å². The molecule has 0 spiro atoms. The van der Waals surface area contributed by atoms with Crippen molar-refractivity contribution in [2.24, 2.45) is 0 Å². The summed E-state index contributed by atoms with van der Waals surface area (Å²) in [6.45, 7) is 2.18. The summed E-state index contributed by atoms with van der Waals surface area (Å²) in [5.41, 5.74) is 8.43. The Hall–Kier alpha value is -5.08. The molecule has 0 saturated carbocycles. The standard InChI is InChI=1S/C37H26N2/c1-25-33(39-35-17-9-5-13-29(35)30-14-6-10-18-36(30)39)24-23-32-31-15-7-8-16-34(31)38(37(25)32)28-21-19-27(20-22-28)26-11-3-2-4-12-26/h2-24H,1H3/i2D,3D,4D,11D,12D. The summed E-state index contributed by atoms with van der Waals surface area (Å²) in [6, 6.07) is 36.0. The second-order valence-corrected chi connectivity index (χ2v) is 9.87. The Bertz CT molecular complexity index is 2370. The highest BCUT2D eigenvalue weighted by Crippen LogP contribution is 2.39. The Morgan fingerprint density at radius 1 is 0.487 bits per heavy atom. The molecular formula is C37H26N2. The van der Waals surface area contributed by atoms with E-state index in [1.54, 1.807) is 0 Å². The van der Waals surface area contributed by atoms with Gasteiger partial charge in [0.2, 0.25) is 0 Å². The minimum Gasteiger partial charge on any atom is -0.309 e. The van der Waals surface area contributed by atoms with Gasteiger partial charge in [-0.15, -0.1) is 0 Å². The van der Waals surface area contributed by atoms with Crippen molar-refractivity contribution in [2.45, 2.75) is 6.92 Å². The van der Waals surface area contributed by atoms with Crippen molar-refractivity contribution < 1.29 is 6.85 Å². The fraction of sp³-hybridized carbons (Fsp3) is 0.0270. The number of aryl methyl sites for hydroxylation is 1. The van der Waals surface area contributed by atoms with Gasteiger partial charge in [-0.05, 0) is 60.0 Å². The summed E-state index contributed by atoms with van der Waals surface area (Å²) >= 11 is 0. The molecule has 8 aromatic rings. The van der Waals surface area contributed by atoms with Gasteiger partial charge in [-0.3, -0.25) is 0 Å². The number of nitrogens with zero attached hydrogens (tertiary/aromatic N) is 2. The summed E-state index contributed by atoms with van der Waals surface area (Å²) in [5.74, 6) is 0. The maximum atomic E-state index is 8.44. The molecule has 0 aliphatic heterocycles. The second-order valence-electron chi connectivity index (χ2n) is 9.87. The van der Waals surface area contributed by atoms with Crippen LogP contribution in [0, 0.1) is 6.92 Å². The zero-order valence-corrected chi connectivity index (χ0v) is 21.3. The van der Waals surface area contributed by atoms with Crippen LogP contribution in [0.4, 0.5) is 0 Å². The third kappa shape index (κ3) is 3.22. The number of para-hydroxylation sites is 3. The van der Waals surface area contributed by atoms with Gasteiger partial charge in [0.25, 0.3) is 0 Å². The topological polar surface area (TPSA) is 9.86 Å². The van der Waals surface area contributed by atoms with E-state index < -0.39 is 0 Å². The van der Waals surface area contributed by atoms with Crippen LogP contribution in [0.25, 0.3) is 66.1 Å². The van der Waals surface area contributed by atoms with E-state index in [2.05, 4.69) is 94.9 Å². The van der Waals surface area contributed by atoms with Crippen LogP contribution in [0.1, 0.15) is 12.4 Å². The predicted molar refractivity (Wildman–Crippen MR) is 165 cm³/mol. The van der Waals surface area contributed by atoms with Crippen LogP contribution >= 0.6 is 0 Å². The number of rotatable bonds is 3. The van der Waals surface area contributed by atoms with Crippen molar-refractivity contribution in [3.8, 4) is 22.5 Å². The molecule has 0 radical (unpaired) electrons. The van der Waals surface area contributed by atoms with Crippen molar-refractivity contribution in [1.29, 1.82) is 0 Å². The Kier molecular flexibility index (Phi) is 3.79. The molecule has 6 aromatic carbocycles. The van der Waals surface area contributed by atoms with Crippen LogP contribution in [0.5, 0.6) is 0 Å². The molecule has 0 unspecified atom stereocenters. The summed E-state index contributed by atoms with van der Waals surface area (Å²) in [4.78, 5) is 0. The molecule has 2 aromatic heterocycles. The number of hydrogen-bond acceptors (Lipinski definition) is 0. The van der Waals surface area contributed by atoms with Gasteiger partial charge in [0.1, 0.15) is 0 Å². The Labute approximate surface area is 234 Å². The molecule has 2 nitrogen and oxygen atoms in total. The molecule has 0 fully saturated rings. The number of fused-ring (bicyclic) bond motifs is 6. The first kappa shape index (κ1) is 17.4. The quantitative estimate of drug-likeness (QED) is 0.227. The highest BCUT2D eigenvalue weighted by molar-refractivity contribution is 6.13. The van der Waals surface area contributed by atoms with Crippen LogP contribution in [0.15, 0.2) is 139 Å². The van der Waals surface area contributed by atoms with E-state index in [1.807, 2.05) is 30.3 Å². The van der Waals surface area contributed by atoms with E-state index in [-0.39, 0.29) is 35.8 Å². The van der Waals surface area contributed by atoms with Gasteiger partial charge < -0.3 is 9.13 Å². The molecule has 2 heteroatoms. The molecule has 8 rings (SSSR count). The first-order chi connectivity index (χ1) is 21.4. The number of aromatic nitrogens is 2. The summed E-state index contributed by atoms with van der Waals surface area (Å²) in [5, 5.41) is 4.73. The zero-order valence-electron chi connectivity index (χ0n) is 26.3. The molecule has 184 valence electrons. The average Bonchev–Trinajstić information content (AvgIpc) is 3.57. The zero-order chi connectivity index (χ0) is 30.3. The number of hydrogen-bond donors (Lipinski definition) is 0. The van der Waals surface area contributed by atoms with Gasteiger partial charge in [-0.1, -0.05) is 103 Å². The largest absolute Gasteiger partial charge is 0.309 e. The van der Waals surface area contributed by atoms with Crippen LogP contribution in [-0.4, -0.2) is 9.13 Å². The number of benzene rings is 6. The lowest BCUT2D eigenvalue weighted by atomic mass is 10.1. The molecule has 39 heavy (non-hydrogen) atoms. The lowest BCUT2D eigenvalue weighted by molar-refractivity contribution is 1.13. The maximum Gasteiger partial charge on any atom is 0.0629 e. The van der Waals surface area contributed by atoms with Gasteiger partial charge in [0.05, 0.1) is 34.6 Å². The smallest absolute Gasteiger partial charge is 0.0629 e. The van der Waals surface area contributed by atoms with Gasteiger partial charge in [-0.2, -0.15) is 0 Å². The third-order valence-electron chi connectivity index (χ3n) is 7.80. The molecule has 0 bridgehead atoms. The first-order valence-corrected chi connectivity index (χ1v) is 13.1. The highest BCUT2D eigenvalue weighted by Gasteiger charge is 2.19. The maximum absolute atomic E-state index is 8.44. The van der Waals surface area contributed by atoms with Crippen molar-refractivity contribution in [3.63, 3.8) is 0 Å². The first-order valence-electron chi connectivity index (χ1n) is 15.6. The van der Waals surface area contributed by atoms with Crippen molar-refractivity contribution in [1.82, 2.24) is 9.13 Å². The predicted octanol–water partition coefficient (Wildman–Crippen LogP) is 9.86. The van der Waals surface area contributed by atoms with Crippen LogP contribution in [0.3, 0.4) is 0 Å².